The Morgan fingerprint density at radius 3 is 2.65 bits per heavy atom. The monoisotopic (exact) mass is 318 g/mol. The van der Waals surface area contributed by atoms with Crippen molar-refractivity contribution in [1.29, 1.82) is 0 Å². The van der Waals surface area contributed by atoms with Gasteiger partial charge in [0.1, 0.15) is 5.78 Å². The van der Waals surface area contributed by atoms with E-state index in [1.807, 2.05) is 6.92 Å². The van der Waals surface area contributed by atoms with Crippen molar-refractivity contribution >= 4 is 5.78 Å². The van der Waals surface area contributed by atoms with Crippen LogP contribution in [0, 0.1) is 40.9 Å². The molecular formula is C20H30O3. The maximum atomic E-state index is 12.7. The van der Waals surface area contributed by atoms with Gasteiger partial charge in [0.2, 0.25) is 0 Å². The fraction of sp³-hybridized carbons (Fsp3) is 0.850. The minimum absolute atomic E-state index is 0.112. The zero-order valence-corrected chi connectivity index (χ0v) is 14.4. The molecule has 0 amide bonds. The van der Waals surface area contributed by atoms with Crippen LogP contribution in [0.5, 0.6) is 0 Å². The number of ketones is 1. The minimum Gasteiger partial charge on any atom is -0.393 e. The molecule has 0 radical (unpaired) electrons. The molecule has 0 saturated heterocycles. The largest absolute Gasteiger partial charge is 0.393 e. The number of carbonyl (C=O) groups is 1. The zero-order chi connectivity index (χ0) is 16.6. The van der Waals surface area contributed by atoms with Crippen LogP contribution in [-0.2, 0) is 4.79 Å². The summed E-state index contributed by atoms with van der Waals surface area (Å²) in [6.45, 7) is 4.25. The first-order chi connectivity index (χ1) is 10.9. The number of rotatable bonds is 1. The normalized spacial score (nSPS) is 45.4. The third-order valence-electron chi connectivity index (χ3n) is 7.03. The molecule has 0 aliphatic heterocycles. The smallest absolute Gasteiger partial charge is 0.136 e. The molecule has 0 aromatic heterocycles. The van der Waals surface area contributed by atoms with Crippen molar-refractivity contribution in [3.05, 3.63) is 0 Å². The van der Waals surface area contributed by atoms with Crippen LogP contribution in [0.3, 0.4) is 0 Å². The zero-order valence-electron chi connectivity index (χ0n) is 14.4. The van der Waals surface area contributed by atoms with E-state index in [-0.39, 0.29) is 17.4 Å². The lowest BCUT2D eigenvalue weighted by Gasteiger charge is -2.48. The Hall–Kier alpha value is -0.850. The van der Waals surface area contributed by atoms with Crippen LogP contribution in [-0.4, -0.2) is 28.2 Å². The topological polar surface area (TPSA) is 57.5 Å². The van der Waals surface area contributed by atoms with E-state index in [2.05, 4.69) is 18.8 Å². The molecule has 3 aliphatic rings. The highest BCUT2D eigenvalue weighted by Crippen LogP contribution is 2.60. The summed E-state index contributed by atoms with van der Waals surface area (Å²) in [6.07, 6.45) is 5.74. The fourth-order valence-corrected chi connectivity index (χ4v) is 5.78. The number of aliphatic hydroxyl groups excluding tert-OH is 2. The van der Waals surface area contributed by atoms with E-state index in [4.69, 9.17) is 0 Å². The lowest BCUT2D eigenvalue weighted by atomic mass is 9.56. The van der Waals surface area contributed by atoms with Crippen molar-refractivity contribution < 1.29 is 15.0 Å². The molecule has 7 atom stereocenters. The van der Waals surface area contributed by atoms with Crippen LogP contribution in [0.4, 0.5) is 0 Å². The second kappa shape index (κ2) is 6.57. The molecule has 0 aromatic rings. The molecule has 0 unspecified atom stereocenters. The Morgan fingerprint density at radius 1 is 1.17 bits per heavy atom. The predicted molar refractivity (Wildman–Crippen MR) is 89.5 cm³/mol. The molecule has 0 aromatic carbocycles. The van der Waals surface area contributed by atoms with Crippen molar-refractivity contribution in [3.63, 3.8) is 0 Å². The molecule has 3 aliphatic carbocycles. The van der Waals surface area contributed by atoms with Gasteiger partial charge in [-0.1, -0.05) is 6.92 Å². The number of hydrogen-bond donors (Lipinski definition) is 2. The molecule has 2 saturated carbocycles. The Bertz CT molecular complexity index is 515. The van der Waals surface area contributed by atoms with Crippen molar-refractivity contribution in [1.82, 2.24) is 0 Å². The second-order valence-corrected chi connectivity index (χ2v) is 8.27. The van der Waals surface area contributed by atoms with Gasteiger partial charge in [-0.3, -0.25) is 4.79 Å². The van der Waals surface area contributed by atoms with Crippen LogP contribution < -0.4 is 0 Å². The summed E-state index contributed by atoms with van der Waals surface area (Å²) < 4.78 is 0. The Morgan fingerprint density at radius 2 is 1.91 bits per heavy atom. The number of carbonyl (C=O) groups excluding carboxylic acids is 1. The van der Waals surface area contributed by atoms with Crippen LogP contribution in [0.1, 0.15) is 65.2 Å². The Labute approximate surface area is 139 Å². The van der Waals surface area contributed by atoms with Crippen molar-refractivity contribution in [3.8, 4) is 11.8 Å². The van der Waals surface area contributed by atoms with E-state index < -0.39 is 6.10 Å². The van der Waals surface area contributed by atoms with Gasteiger partial charge >= 0.3 is 0 Å². The van der Waals surface area contributed by atoms with Gasteiger partial charge < -0.3 is 10.2 Å². The van der Waals surface area contributed by atoms with Crippen LogP contribution in [0.25, 0.3) is 0 Å². The van der Waals surface area contributed by atoms with E-state index in [1.165, 1.54) is 0 Å². The number of hydrogen-bond acceptors (Lipinski definition) is 3. The van der Waals surface area contributed by atoms with Gasteiger partial charge in [0, 0.05) is 25.2 Å². The van der Waals surface area contributed by atoms with Crippen LogP contribution in [0.15, 0.2) is 0 Å². The lowest BCUT2D eigenvalue weighted by molar-refractivity contribution is -0.130. The predicted octanol–water partition coefficient (Wildman–Crippen LogP) is 2.93. The van der Waals surface area contributed by atoms with Gasteiger partial charge in [-0.2, -0.15) is 0 Å². The number of fused-ring (bicyclic) bond motifs is 3. The standard InChI is InChI=1S/C20H30O3/c1-13(21)17-8-9-18-15-6-4-3-5-14(22)7-10-19(23)16(15)11-12-20(17,18)2/h13-18,21-22H,5-12H2,1-2H3/t13-,14+,15+,16-,17+,18-,20+/m0/s1. The first kappa shape index (κ1) is 17.0. The van der Waals surface area contributed by atoms with Gasteiger partial charge in [-0.25, -0.2) is 0 Å². The van der Waals surface area contributed by atoms with E-state index in [0.717, 1.165) is 32.1 Å². The molecule has 128 valence electrons. The molecule has 0 heterocycles. The maximum absolute atomic E-state index is 12.7. The summed E-state index contributed by atoms with van der Waals surface area (Å²) in [7, 11) is 0. The molecule has 3 nitrogen and oxygen atoms in total. The average molecular weight is 318 g/mol. The van der Waals surface area contributed by atoms with E-state index in [1.54, 1.807) is 0 Å². The summed E-state index contributed by atoms with van der Waals surface area (Å²) in [5.41, 5.74) is 0.154. The molecule has 3 rings (SSSR count). The molecule has 2 fully saturated rings. The summed E-state index contributed by atoms with van der Waals surface area (Å²) in [5.74, 6) is 8.02. The number of Topliss-reactive ketones (excluding diaryl/α,β-unsaturated/α-hetero) is 1. The van der Waals surface area contributed by atoms with Crippen molar-refractivity contribution in [2.24, 2.45) is 29.1 Å². The highest BCUT2D eigenvalue weighted by Gasteiger charge is 2.55. The van der Waals surface area contributed by atoms with Crippen molar-refractivity contribution in [2.75, 3.05) is 0 Å². The summed E-state index contributed by atoms with van der Waals surface area (Å²) in [5, 5.41) is 20.0. The van der Waals surface area contributed by atoms with E-state index in [9.17, 15) is 15.0 Å². The van der Waals surface area contributed by atoms with Gasteiger partial charge in [0.15, 0.2) is 0 Å². The minimum atomic E-state index is -0.456. The van der Waals surface area contributed by atoms with Crippen molar-refractivity contribution in [2.45, 2.75) is 77.4 Å². The van der Waals surface area contributed by atoms with Crippen LogP contribution >= 0.6 is 0 Å². The second-order valence-electron chi connectivity index (χ2n) is 8.27. The molecule has 0 bridgehead atoms. The van der Waals surface area contributed by atoms with Gasteiger partial charge in [-0.15, -0.1) is 11.8 Å². The lowest BCUT2D eigenvalue weighted by Crippen LogP contribution is -2.45. The molecule has 23 heavy (non-hydrogen) atoms. The van der Waals surface area contributed by atoms with Gasteiger partial charge in [0.25, 0.3) is 0 Å². The Balaban J connectivity index is 1.87. The van der Waals surface area contributed by atoms with E-state index in [0.29, 0.717) is 42.8 Å². The SMILES string of the molecule is C[C@H](O)[C@H]1CC[C@H]2[C@@H]3CC#CC[C@@H](O)CCC(=O)[C@H]3CC[C@]12C. The summed E-state index contributed by atoms with van der Waals surface area (Å²) in [4.78, 5) is 12.7. The first-order valence-electron chi connectivity index (χ1n) is 9.28. The quantitative estimate of drug-likeness (QED) is 0.731. The van der Waals surface area contributed by atoms with Crippen LogP contribution in [0.2, 0.25) is 0 Å². The summed E-state index contributed by atoms with van der Waals surface area (Å²) >= 11 is 0. The molecule has 3 heteroatoms. The number of aliphatic hydroxyl groups is 2. The molecule has 0 spiro atoms. The van der Waals surface area contributed by atoms with E-state index >= 15 is 0 Å². The maximum Gasteiger partial charge on any atom is 0.136 e. The van der Waals surface area contributed by atoms with Gasteiger partial charge in [0.05, 0.1) is 12.2 Å². The third kappa shape index (κ3) is 3.08. The molecule has 2 N–H and O–H groups in total. The molecular weight excluding hydrogens is 288 g/mol. The van der Waals surface area contributed by atoms with Gasteiger partial charge in [-0.05, 0) is 62.2 Å². The Kier molecular flexibility index (Phi) is 4.85. The highest BCUT2D eigenvalue weighted by atomic mass is 16.3. The first-order valence-corrected chi connectivity index (χ1v) is 9.28. The fourth-order valence-electron chi connectivity index (χ4n) is 5.78. The average Bonchev–Trinajstić information content (AvgIpc) is 2.86. The highest BCUT2D eigenvalue weighted by molar-refractivity contribution is 5.81. The summed E-state index contributed by atoms with van der Waals surface area (Å²) in [6, 6.07) is 0. The third-order valence-corrected chi connectivity index (χ3v) is 7.03.